The number of aromatic hydroxyl groups is 1. The van der Waals surface area contributed by atoms with Crippen molar-refractivity contribution < 1.29 is 5.11 Å². The van der Waals surface area contributed by atoms with Crippen LogP contribution in [0.15, 0.2) is 22.7 Å². The van der Waals surface area contributed by atoms with Gasteiger partial charge in [-0.2, -0.15) is 0 Å². The number of hydrogen-bond acceptors (Lipinski definition) is 1. The summed E-state index contributed by atoms with van der Waals surface area (Å²) in [6, 6.07) is 5.34. The standard InChI is InChI=1S/C6H6BBrO/c7-5-3-4(8)1-2-6(5)9/h1-3,9H,7H2. The summed E-state index contributed by atoms with van der Waals surface area (Å²) in [4.78, 5) is 0. The zero-order valence-electron chi connectivity index (χ0n) is 5.06. The minimum atomic E-state index is 0.346. The number of hydrogen-bond donors (Lipinski definition) is 1. The molecule has 1 nitrogen and oxygen atoms in total. The van der Waals surface area contributed by atoms with Gasteiger partial charge in [-0.15, -0.1) is 0 Å². The van der Waals surface area contributed by atoms with Crippen LogP contribution in [0.5, 0.6) is 5.75 Å². The summed E-state index contributed by atoms with van der Waals surface area (Å²) in [7, 11) is 1.86. The van der Waals surface area contributed by atoms with Crippen molar-refractivity contribution in [2.24, 2.45) is 0 Å². The van der Waals surface area contributed by atoms with Gasteiger partial charge in [0.2, 0.25) is 0 Å². The topological polar surface area (TPSA) is 20.2 Å². The first kappa shape index (κ1) is 6.68. The number of halogens is 1. The maximum absolute atomic E-state index is 9.02. The Bertz CT molecular complexity index is 224. The van der Waals surface area contributed by atoms with Gasteiger partial charge in [0.15, 0.2) is 0 Å². The minimum Gasteiger partial charge on any atom is -0.509 e. The molecule has 3 heteroatoms. The van der Waals surface area contributed by atoms with E-state index in [0.29, 0.717) is 5.75 Å². The average molecular weight is 185 g/mol. The zero-order chi connectivity index (χ0) is 6.85. The molecule has 0 aliphatic rings. The Morgan fingerprint density at radius 3 is 2.56 bits per heavy atom. The van der Waals surface area contributed by atoms with E-state index in [-0.39, 0.29) is 0 Å². The van der Waals surface area contributed by atoms with Crippen LogP contribution in [0.1, 0.15) is 0 Å². The Kier molecular flexibility index (Phi) is 1.81. The first-order valence-electron chi connectivity index (χ1n) is 2.65. The molecule has 0 atom stereocenters. The Labute approximate surface area is 63.2 Å². The van der Waals surface area contributed by atoms with Gasteiger partial charge in [0.05, 0.1) is 0 Å². The summed E-state index contributed by atoms with van der Waals surface area (Å²) >= 11 is 3.29. The van der Waals surface area contributed by atoms with Crippen molar-refractivity contribution in [3.63, 3.8) is 0 Å². The maximum Gasteiger partial charge on any atom is 0.144 e. The highest BCUT2D eigenvalue weighted by Gasteiger charge is 1.92. The van der Waals surface area contributed by atoms with E-state index in [9.17, 15) is 0 Å². The normalized spacial score (nSPS) is 9.44. The number of phenols is 1. The third-order valence-corrected chi connectivity index (χ3v) is 1.65. The summed E-state index contributed by atoms with van der Waals surface area (Å²) in [5.74, 6) is 0.346. The minimum absolute atomic E-state index is 0.346. The largest absolute Gasteiger partial charge is 0.509 e. The van der Waals surface area contributed by atoms with Crippen molar-refractivity contribution in [2.75, 3.05) is 0 Å². The molecular formula is C6H6BBrO. The van der Waals surface area contributed by atoms with Crippen LogP contribution < -0.4 is 5.46 Å². The van der Waals surface area contributed by atoms with Gasteiger partial charge in [-0.05, 0) is 17.6 Å². The van der Waals surface area contributed by atoms with Crippen LogP contribution in [0.4, 0.5) is 0 Å². The highest BCUT2D eigenvalue weighted by atomic mass is 79.9. The fraction of sp³-hybridized carbons (Fsp3) is 0. The summed E-state index contributed by atoms with van der Waals surface area (Å²) in [6.07, 6.45) is 0. The molecule has 1 aromatic rings. The lowest BCUT2D eigenvalue weighted by atomic mass is 9.95. The van der Waals surface area contributed by atoms with Crippen molar-refractivity contribution in [3.05, 3.63) is 22.7 Å². The second-order valence-electron chi connectivity index (χ2n) is 1.93. The van der Waals surface area contributed by atoms with Gasteiger partial charge in [0, 0.05) is 4.47 Å². The molecule has 0 saturated heterocycles. The lowest BCUT2D eigenvalue weighted by Crippen LogP contribution is -2.00. The van der Waals surface area contributed by atoms with Crippen LogP contribution in [-0.2, 0) is 0 Å². The van der Waals surface area contributed by atoms with Crippen molar-refractivity contribution in [1.82, 2.24) is 0 Å². The molecule has 1 N–H and O–H groups in total. The second kappa shape index (κ2) is 2.44. The summed E-state index contributed by atoms with van der Waals surface area (Å²) < 4.78 is 0.998. The van der Waals surface area contributed by atoms with Crippen molar-refractivity contribution >= 4 is 29.2 Å². The van der Waals surface area contributed by atoms with Crippen molar-refractivity contribution in [1.29, 1.82) is 0 Å². The van der Waals surface area contributed by atoms with Gasteiger partial charge in [-0.3, -0.25) is 0 Å². The lowest BCUT2D eigenvalue weighted by molar-refractivity contribution is 0.479. The van der Waals surface area contributed by atoms with Gasteiger partial charge in [-0.1, -0.05) is 22.0 Å². The van der Waals surface area contributed by atoms with E-state index in [0.717, 1.165) is 9.94 Å². The molecule has 0 fully saturated rings. The number of benzene rings is 1. The van der Waals surface area contributed by atoms with Gasteiger partial charge < -0.3 is 5.11 Å². The maximum atomic E-state index is 9.02. The molecule has 0 aromatic heterocycles. The summed E-state index contributed by atoms with van der Waals surface area (Å²) in [5, 5.41) is 9.02. The molecule has 0 spiro atoms. The van der Waals surface area contributed by atoms with Gasteiger partial charge in [0.1, 0.15) is 13.6 Å². The number of rotatable bonds is 0. The fourth-order valence-electron chi connectivity index (χ4n) is 0.619. The Morgan fingerprint density at radius 1 is 1.44 bits per heavy atom. The average Bonchev–Trinajstić information content (AvgIpc) is 1.80. The zero-order valence-corrected chi connectivity index (χ0v) is 6.64. The molecule has 0 unspecified atom stereocenters. The van der Waals surface area contributed by atoms with Crippen LogP contribution in [-0.4, -0.2) is 13.0 Å². The molecule has 0 radical (unpaired) electrons. The predicted octanol–water partition coefficient (Wildman–Crippen LogP) is 0.413. The first-order valence-corrected chi connectivity index (χ1v) is 3.44. The van der Waals surface area contributed by atoms with E-state index in [1.807, 2.05) is 20.0 Å². The third-order valence-electron chi connectivity index (χ3n) is 1.16. The lowest BCUT2D eigenvalue weighted by Gasteiger charge is -1.96. The van der Waals surface area contributed by atoms with Crippen LogP contribution in [0.3, 0.4) is 0 Å². The van der Waals surface area contributed by atoms with E-state index in [1.165, 1.54) is 0 Å². The molecule has 0 aliphatic heterocycles. The van der Waals surface area contributed by atoms with E-state index < -0.39 is 0 Å². The van der Waals surface area contributed by atoms with Crippen LogP contribution in [0, 0.1) is 0 Å². The van der Waals surface area contributed by atoms with E-state index in [4.69, 9.17) is 5.11 Å². The van der Waals surface area contributed by atoms with E-state index in [1.54, 1.807) is 6.07 Å². The summed E-state index contributed by atoms with van der Waals surface area (Å²) in [5.41, 5.74) is 0.893. The number of phenolic OH excluding ortho intramolecular Hbond substituents is 1. The summed E-state index contributed by atoms with van der Waals surface area (Å²) in [6.45, 7) is 0. The third kappa shape index (κ3) is 1.48. The van der Waals surface area contributed by atoms with Gasteiger partial charge in [-0.25, -0.2) is 0 Å². The monoisotopic (exact) mass is 184 g/mol. The molecular weight excluding hydrogens is 179 g/mol. The molecule has 0 aliphatic carbocycles. The van der Waals surface area contributed by atoms with E-state index in [2.05, 4.69) is 15.9 Å². The quantitative estimate of drug-likeness (QED) is 0.580. The highest BCUT2D eigenvalue weighted by molar-refractivity contribution is 9.10. The van der Waals surface area contributed by atoms with Crippen molar-refractivity contribution in [3.8, 4) is 5.75 Å². The molecule has 1 rings (SSSR count). The molecule has 46 valence electrons. The molecule has 0 amide bonds. The van der Waals surface area contributed by atoms with Crippen LogP contribution in [0.25, 0.3) is 0 Å². The van der Waals surface area contributed by atoms with Crippen molar-refractivity contribution in [2.45, 2.75) is 0 Å². The molecule has 9 heavy (non-hydrogen) atoms. The highest BCUT2D eigenvalue weighted by Crippen LogP contribution is 2.10. The van der Waals surface area contributed by atoms with Crippen LogP contribution >= 0.6 is 15.9 Å². The van der Waals surface area contributed by atoms with Gasteiger partial charge >= 0.3 is 0 Å². The molecule has 1 aromatic carbocycles. The molecule has 0 saturated carbocycles. The van der Waals surface area contributed by atoms with Crippen LogP contribution in [0.2, 0.25) is 0 Å². The Hall–Kier alpha value is -0.435. The predicted molar refractivity (Wildman–Crippen MR) is 44.0 cm³/mol. The molecule has 0 bridgehead atoms. The second-order valence-corrected chi connectivity index (χ2v) is 2.85. The van der Waals surface area contributed by atoms with E-state index >= 15 is 0 Å². The molecule has 0 heterocycles. The smallest absolute Gasteiger partial charge is 0.144 e. The van der Waals surface area contributed by atoms with Gasteiger partial charge in [0.25, 0.3) is 0 Å². The Morgan fingerprint density at radius 2 is 2.11 bits per heavy atom. The fourth-order valence-corrected chi connectivity index (χ4v) is 1.09. The SMILES string of the molecule is Bc1cc(Br)ccc1O. The first-order chi connectivity index (χ1) is 4.20. The Balaban J connectivity index is 3.17.